The van der Waals surface area contributed by atoms with Gasteiger partial charge in [-0.05, 0) is 56.7 Å². The number of aromatic nitrogens is 2. The summed E-state index contributed by atoms with van der Waals surface area (Å²) in [4.78, 5) is 39.1. The molecule has 170 valence electrons. The Morgan fingerprint density at radius 3 is 2.41 bits per heavy atom. The van der Waals surface area contributed by atoms with Crippen LogP contribution >= 0.6 is 0 Å². The number of hydrogen-bond donors (Lipinski definition) is 3. The summed E-state index contributed by atoms with van der Waals surface area (Å²) in [5, 5.41) is 13.1. The normalized spacial score (nSPS) is 17.9. The van der Waals surface area contributed by atoms with E-state index in [9.17, 15) is 14.4 Å². The molecule has 0 spiro atoms. The van der Waals surface area contributed by atoms with Gasteiger partial charge in [0.2, 0.25) is 11.8 Å². The highest BCUT2D eigenvalue weighted by molar-refractivity contribution is 6.00. The van der Waals surface area contributed by atoms with E-state index >= 15 is 0 Å². The number of benzene rings is 1. The Hall–Kier alpha value is -3.16. The second-order valence-corrected chi connectivity index (χ2v) is 8.85. The number of H-pyrrole nitrogens is 1. The molecule has 8 heteroatoms. The largest absolute Gasteiger partial charge is 0.326 e. The van der Waals surface area contributed by atoms with Gasteiger partial charge in [-0.1, -0.05) is 31.4 Å². The molecule has 2 aromatic rings. The maximum atomic E-state index is 13.2. The standard InChI is InChI=1S/C24H31N5O3/c1-15-21(16(2)28-27-15)17-10-12-19(13-11-17)25-23(31)22(18-7-4-3-5-8-18)26-24(32)29-14-6-9-20(29)30/h10-13,18,22H,3-9,14H2,1-2H3,(H,25,31)(H,26,32)(H,27,28)/t22-/m0/s1. The summed E-state index contributed by atoms with van der Waals surface area (Å²) in [5.74, 6) is -0.341. The van der Waals surface area contributed by atoms with Crippen molar-refractivity contribution in [1.29, 1.82) is 0 Å². The summed E-state index contributed by atoms with van der Waals surface area (Å²) < 4.78 is 0. The third-order valence-electron chi connectivity index (χ3n) is 6.57. The number of amides is 4. The number of aryl methyl sites for hydroxylation is 2. The smallest absolute Gasteiger partial charge is 0.324 e. The zero-order valence-electron chi connectivity index (χ0n) is 18.7. The van der Waals surface area contributed by atoms with E-state index in [0.717, 1.165) is 54.6 Å². The molecule has 2 fully saturated rings. The highest BCUT2D eigenvalue weighted by atomic mass is 16.2. The Morgan fingerprint density at radius 1 is 1.09 bits per heavy atom. The van der Waals surface area contributed by atoms with Crippen molar-refractivity contribution in [1.82, 2.24) is 20.4 Å². The minimum atomic E-state index is -0.658. The molecule has 0 unspecified atom stereocenters. The Kier molecular flexibility index (Phi) is 6.58. The van der Waals surface area contributed by atoms with Gasteiger partial charge in [-0.25, -0.2) is 4.79 Å². The monoisotopic (exact) mass is 437 g/mol. The summed E-state index contributed by atoms with van der Waals surface area (Å²) in [7, 11) is 0. The Labute approximate surface area is 188 Å². The number of nitrogens with zero attached hydrogens (tertiary/aromatic N) is 2. The lowest BCUT2D eigenvalue weighted by atomic mass is 9.83. The fourth-order valence-electron chi connectivity index (χ4n) is 4.86. The minimum absolute atomic E-state index is 0.0703. The van der Waals surface area contributed by atoms with Crippen molar-refractivity contribution in [3.63, 3.8) is 0 Å². The molecule has 8 nitrogen and oxygen atoms in total. The van der Waals surface area contributed by atoms with Crippen molar-refractivity contribution in [3.8, 4) is 11.1 Å². The quantitative estimate of drug-likeness (QED) is 0.659. The highest BCUT2D eigenvalue weighted by Gasteiger charge is 2.34. The van der Waals surface area contributed by atoms with E-state index in [1.165, 1.54) is 4.90 Å². The van der Waals surface area contributed by atoms with Gasteiger partial charge < -0.3 is 10.6 Å². The van der Waals surface area contributed by atoms with E-state index in [0.29, 0.717) is 25.1 Å². The summed E-state index contributed by atoms with van der Waals surface area (Å²) in [6.07, 6.45) is 6.09. The molecule has 4 amide bonds. The molecule has 2 aliphatic rings. The highest BCUT2D eigenvalue weighted by Crippen LogP contribution is 2.29. The van der Waals surface area contributed by atoms with Crippen molar-refractivity contribution >= 4 is 23.5 Å². The van der Waals surface area contributed by atoms with Crippen molar-refractivity contribution < 1.29 is 14.4 Å². The number of aromatic amines is 1. The van der Waals surface area contributed by atoms with Crippen LogP contribution in [0.4, 0.5) is 10.5 Å². The molecule has 1 atom stereocenters. The van der Waals surface area contributed by atoms with E-state index < -0.39 is 12.1 Å². The second-order valence-electron chi connectivity index (χ2n) is 8.85. The van der Waals surface area contributed by atoms with E-state index in [4.69, 9.17) is 0 Å². The fraction of sp³-hybridized carbons (Fsp3) is 0.500. The van der Waals surface area contributed by atoms with Crippen LogP contribution in [0.25, 0.3) is 11.1 Å². The number of carbonyl (C=O) groups excluding carboxylic acids is 3. The van der Waals surface area contributed by atoms with Gasteiger partial charge in [0.25, 0.3) is 0 Å². The number of rotatable bonds is 5. The van der Waals surface area contributed by atoms with Gasteiger partial charge in [0.05, 0.1) is 5.69 Å². The molecule has 0 radical (unpaired) electrons. The van der Waals surface area contributed by atoms with Crippen LogP contribution in [-0.2, 0) is 9.59 Å². The summed E-state index contributed by atoms with van der Waals surface area (Å²) in [6.45, 7) is 4.35. The SMILES string of the molecule is Cc1n[nH]c(C)c1-c1ccc(NC(=O)[C@@H](NC(=O)N2CCCC2=O)C2CCCCC2)cc1. The molecular weight excluding hydrogens is 406 g/mol. The molecule has 1 saturated heterocycles. The first-order chi connectivity index (χ1) is 15.4. The van der Waals surface area contributed by atoms with Crippen LogP contribution in [0.15, 0.2) is 24.3 Å². The molecule has 1 saturated carbocycles. The van der Waals surface area contributed by atoms with Gasteiger partial charge in [0.15, 0.2) is 0 Å². The zero-order chi connectivity index (χ0) is 22.7. The molecule has 1 aromatic carbocycles. The van der Waals surface area contributed by atoms with Crippen LogP contribution in [0.5, 0.6) is 0 Å². The van der Waals surface area contributed by atoms with E-state index in [2.05, 4.69) is 20.8 Å². The molecule has 4 rings (SSSR count). The molecule has 3 N–H and O–H groups in total. The van der Waals surface area contributed by atoms with Crippen LogP contribution in [0.1, 0.15) is 56.3 Å². The van der Waals surface area contributed by atoms with Crippen LogP contribution in [0.3, 0.4) is 0 Å². The Morgan fingerprint density at radius 2 is 1.81 bits per heavy atom. The summed E-state index contributed by atoms with van der Waals surface area (Å²) >= 11 is 0. The predicted octanol–water partition coefficient (Wildman–Crippen LogP) is 3.91. The van der Waals surface area contributed by atoms with Gasteiger partial charge in [0, 0.05) is 29.9 Å². The first-order valence-electron chi connectivity index (χ1n) is 11.5. The van der Waals surface area contributed by atoms with E-state index in [1.54, 1.807) is 0 Å². The third kappa shape index (κ3) is 4.69. The van der Waals surface area contributed by atoms with Gasteiger partial charge >= 0.3 is 6.03 Å². The van der Waals surface area contributed by atoms with Crippen molar-refractivity contribution in [2.45, 2.75) is 64.8 Å². The van der Waals surface area contributed by atoms with Crippen LogP contribution < -0.4 is 10.6 Å². The Balaban J connectivity index is 1.48. The maximum absolute atomic E-state index is 13.2. The number of nitrogens with one attached hydrogen (secondary N) is 3. The molecule has 32 heavy (non-hydrogen) atoms. The van der Waals surface area contributed by atoms with Gasteiger partial charge in [-0.3, -0.25) is 19.6 Å². The molecule has 2 heterocycles. The van der Waals surface area contributed by atoms with Crippen LogP contribution in [0, 0.1) is 19.8 Å². The number of urea groups is 1. The number of likely N-dealkylation sites (tertiary alicyclic amines) is 1. The first kappa shape index (κ1) is 22.0. The number of hydrogen-bond acceptors (Lipinski definition) is 4. The van der Waals surface area contributed by atoms with Gasteiger partial charge in [-0.15, -0.1) is 0 Å². The maximum Gasteiger partial charge on any atom is 0.324 e. The average molecular weight is 438 g/mol. The number of anilines is 1. The molecule has 0 bridgehead atoms. The van der Waals surface area contributed by atoms with Crippen molar-refractivity contribution in [3.05, 3.63) is 35.7 Å². The molecule has 1 aliphatic heterocycles. The van der Waals surface area contributed by atoms with Crippen molar-refractivity contribution in [2.24, 2.45) is 5.92 Å². The lowest BCUT2D eigenvalue weighted by molar-refractivity contribution is -0.125. The van der Waals surface area contributed by atoms with Gasteiger partial charge in [-0.2, -0.15) is 5.10 Å². The van der Waals surface area contributed by atoms with Crippen LogP contribution in [-0.4, -0.2) is 45.5 Å². The predicted molar refractivity (Wildman–Crippen MR) is 122 cm³/mol. The van der Waals surface area contributed by atoms with Crippen LogP contribution in [0.2, 0.25) is 0 Å². The van der Waals surface area contributed by atoms with Crippen molar-refractivity contribution in [2.75, 3.05) is 11.9 Å². The molecular formula is C24H31N5O3. The summed E-state index contributed by atoms with van der Waals surface area (Å²) in [6, 6.07) is 6.52. The van der Waals surface area contributed by atoms with Gasteiger partial charge in [0.1, 0.15) is 6.04 Å². The fourth-order valence-corrected chi connectivity index (χ4v) is 4.86. The zero-order valence-corrected chi connectivity index (χ0v) is 18.7. The average Bonchev–Trinajstić information content (AvgIpc) is 3.37. The third-order valence-corrected chi connectivity index (χ3v) is 6.57. The summed E-state index contributed by atoms with van der Waals surface area (Å²) in [5.41, 5.74) is 4.68. The minimum Gasteiger partial charge on any atom is -0.326 e. The van der Waals surface area contributed by atoms with E-state index in [-0.39, 0.29) is 17.7 Å². The second kappa shape index (κ2) is 9.54. The lowest BCUT2D eigenvalue weighted by Crippen LogP contribution is -2.53. The first-order valence-corrected chi connectivity index (χ1v) is 11.5. The Bertz CT molecular complexity index is 972. The molecule has 1 aromatic heterocycles. The topological polar surface area (TPSA) is 107 Å². The van der Waals surface area contributed by atoms with E-state index in [1.807, 2.05) is 38.1 Å². The number of carbonyl (C=O) groups is 3. The lowest BCUT2D eigenvalue weighted by Gasteiger charge is -2.31. The molecule has 1 aliphatic carbocycles. The number of imide groups is 1.